The lowest BCUT2D eigenvalue weighted by molar-refractivity contribution is -0.870. The van der Waals surface area contributed by atoms with E-state index >= 15 is 0 Å². The lowest BCUT2D eigenvalue weighted by atomic mass is 10.1. The number of phosphoric ester groups is 1. The number of hydrogen-bond acceptors (Lipinski definition) is 8. The third-order valence-electron chi connectivity index (χ3n) is 6.47. The van der Waals surface area contributed by atoms with E-state index in [2.05, 4.69) is 38.2 Å². The average Bonchev–Trinajstić information content (AvgIpc) is 2.92. The summed E-state index contributed by atoms with van der Waals surface area (Å²) in [6.45, 7) is 3.99. The van der Waals surface area contributed by atoms with Crippen LogP contribution in [0.4, 0.5) is 0 Å². The summed E-state index contributed by atoms with van der Waals surface area (Å²) in [4.78, 5) is 36.7. The van der Waals surface area contributed by atoms with Gasteiger partial charge in [-0.3, -0.25) is 14.2 Å². The molecule has 0 spiro atoms. The van der Waals surface area contributed by atoms with Gasteiger partial charge in [0.2, 0.25) is 0 Å². The molecule has 2 unspecified atom stereocenters. The fraction of sp³-hybridized carbons (Fsp3) is 0.812. The van der Waals surface area contributed by atoms with Crippen molar-refractivity contribution in [2.24, 2.45) is 0 Å². The first-order valence-corrected chi connectivity index (χ1v) is 17.5. The van der Waals surface area contributed by atoms with Gasteiger partial charge in [0.15, 0.2) is 6.10 Å². The largest absolute Gasteiger partial charge is 0.756 e. The molecule has 0 saturated heterocycles. The van der Waals surface area contributed by atoms with Crippen LogP contribution in [0.2, 0.25) is 0 Å². The second kappa shape index (κ2) is 25.9. The Morgan fingerprint density at radius 1 is 0.738 bits per heavy atom. The standard InChI is InChI=1S/C32H60NO8P/c1-6-8-10-12-13-14-15-16-17-18-19-20-21-23-25-32(35)41-30(28-38-31(34)24-22-11-9-7-2)29-40-42(36,37)39-27-26-33(3,4)5/h12-13,15-16,30H,6-11,14,17-29H2,1-5H3/b13-12-,16-15-. The molecule has 2 atom stereocenters. The summed E-state index contributed by atoms with van der Waals surface area (Å²) in [5.74, 6) is -0.876. The van der Waals surface area contributed by atoms with Gasteiger partial charge < -0.3 is 27.9 Å². The summed E-state index contributed by atoms with van der Waals surface area (Å²) in [7, 11) is 1.15. The van der Waals surface area contributed by atoms with Gasteiger partial charge in [-0.15, -0.1) is 0 Å². The molecule has 0 aliphatic carbocycles. The zero-order valence-corrected chi connectivity index (χ0v) is 28.1. The molecule has 0 aliphatic heterocycles. The van der Waals surface area contributed by atoms with Crippen molar-refractivity contribution in [3.63, 3.8) is 0 Å². The number of carbonyl (C=O) groups is 2. The van der Waals surface area contributed by atoms with Crippen molar-refractivity contribution in [2.75, 3.05) is 47.5 Å². The molecule has 246 valence electrons. The number of likely N-dealkylation sites (N-methyl/N-ethyl adjacent to an activating group) is 1. The normalized spacial score (nSPS) is 14.3. The molecule has 0 amide bonds. The van der Waals surface area contributed by atoms with Gasteiger partial charge in [0.25, 0.3) is 7.82 Å². The predicted octanol–water partition coefficient (Wildman–Crippen LogP) is 7.04. The van der Waals surface area contributed by atoms with Gasteiger partial charge in [-0.25, -0.2) is 0 Å². The number of nitrogens with zero attached hydrogens (tertiary/aromatic N) is 1. The molecule has 0 fully saturated rings. The van der Waals surface area contributed by atoms with E-state index in [9.17, 15) is 19.0 Å². The summed E-state index contributed by atoms with van der Waals surface area (Å²) in [5, 5.41) is 0. The number of quaternary nitrogens is 1. The van der Waals surface area contributed by atoms with E-state index < -0.39 is 32.5 Å². The van der Waals surface area contributed by atoms with Crippen molar-refractivity contribution in [2.45, 2.75) is 123 Å². The first-order chi connectivity index (χ1) is 20.0. The molecule has 10 heteroatoms. The Morgan fingerprint density at radius 2 is 1.31 bits per heavy atom. The summed E-state index contributed by atoms with van der Waals surface area (Å²) in [5.41, 5.74) is 0. The molecular formula is C32H60NO8P. The van der Waals surface area contributed by atoms with Crippen molar-refractivity contribution >= 4 is 19.8 Å². The van der Waals surface area contributed by atoms with Crippen LogP contribution < -0.4 is 4.89 Å². The van der Waals surface area contributed by atoms with E-state index in [1.54, 1.807) is 0 Å². The highest BCUT2D eigenvalue weighted by atomic mass is 31.2. The summed E-state index contributed by atoms with van der Waals surface area (Å²) in [6, 6.07) is 0. The van der Waals surface area contributed by atoms with Crippen LogP contribution in [-0.2, 0) is 32.7 Å². The average molecular weight is 618 g/mol. The summed E-state index contributed by atoms with van der Waals surface area (Å²) < 4.78 is 33.3. The van der Waals surface area contributed by atoms with Crippen molar-refractivity contribution in [3.05, 3.63) is 24.3 Å². The molecule has 0 N–H and O–H groups in total. The Hall–Kier alpha value is -1.51. The maximum absolute atomic E-state index is 12.5. The number of hydrogen-bond donors (Lipinski definition) is 0. The van der Waals surface area contributed by atoms with Crippen LogP contribution in [0, 0.1) is 0 Å². The van der Waals surface area contributed by atoms with E-state index in [4.69, 9.17) is 18.5 Å². The monoisotopic (exact) mass is 617 g/mol. The molecule has 0 radical (unpaired) electrons. The Balaban J connectivity index is 4.44. The third kappa shape index (κ3) is 28.6. The van der Waals surface area contributed by atoms with Crippen LogP contribution in [0.25, 0.3) is 0 Å². The molecule has 0 rings (SSSR count). The molecular weight excluding hydrogens is 557 g/mol. The molecule has 9 nitrogen and oxygen atoms in total. The van der Waals surface area contributed by atoms with Gasteiger partial charge in [-0.1, -0.05) is 89.5 Å². The van der Waals surface area contributed by atoms with Crippen LogP contribution in [0.5, 0.6) is 0 Å². The lowest BCUT2D eigenvalue weighted by Crippen LogP contribution is -2.37. The minimum absolute atomic E-state index is 0.0335. The van der Waals surface area contributed by atoms with Crippen molar-refractivity contribution in [1.29, 1.82) is 0 Å². The van der Waals surface area contributed by atoms with Gasteiger partial charge in [0, 0.05) is 12.8 Å². The van der Waals surface area contributed by atoms with Crippen LogP contribution in [0.3, 0.4) is 0 Å². The Labute approximate surface area is 256 Å². The Bertz CT molecular complexity index is 794. The van der Waals surface area contributed by atoms with Crippen LogP contribution >= 0.6 is 7.82 Å². The number of allylic oxidation sites excluding steroid dienone is 4. The molecule has 42 heavy (non-hydrogen) atoms. The molecule has 0 bridgehead atoms. The first-order valence-electron chi connectivity index (χ1n) is 16.0. The van der Waals surface area contributed by atoms with Gasteiger partial charge in [0.05, 0.1) is 27.7 Å². The van der Waals surface area contributed by atoms with E-state index in [0.717, 1.165) is 70.6 Å². The van der Waals surface area contributed by atoms with Crippen LogP contribution in [0.15, 0.2) is 24.3 Å². The number of carbonyl (C=O) groups excluding carboxylic acids is 2. The summed E-state index contributed by atoms with van der Waals surface area (Å²) >= 11 is 0. The Kier molecular flexibility index (Phi) is 25.0. The van der Waals surface area contributed by atoms with E-state index in [1.165, 1.54) is 12.8 Å². The second-order valence-electron chi connectivity index (χ2n) is 11.8. The number of unbranched alkanes of at least 4 members (excludes halogenated alkanes) is 10. The lowest BCUT2D eigenvalue weighted by Gasteiger charge is -2.28. The molecule has 0 aromatic rings. The van der Waals surface area contributed by atoms with Crippen molar-refractivity contribution in [3.8, 4) is 0 Å². The fourth-order valence-corrected chi connectivity index (χ4v) is 4.57. The number of esters is 2. The topological polar surface area (TPSA) is 111 Å². The molecule has 0 aliphatic rings. The molecule has 0 aromatic carbocycles. The maximum Gasteiger partial charge on any atom is 0.306 e. The van der Waals surface area contributed by atoms with Crippen molar-refractivity contribution in [1.82, 2.24) is 0 Å². The molecule has 0 saturated carbocycles. The zero-order chi connectivity index (χ0) is 31.5. The molecule has 0 heterocycles. The maximum atomic E-state index is 12.5. The number of phosphoric acid groups is 1. The van der Waals surface area contributed by atoms with E-state index in [-0.39, 0.29) is 26.1 Å². The second-order valence-corrected chi connectivity index (χ2v) is 13.2. The van der Waals surface area contributed by atoms with Gasteiger partial charge in [0.1, 0.15) is 19.8 Å². The summed E-state index contributed by atoms with van der Waals surface area (Å²) in [6.07, 6.45) is 22.7. The number of ether oxygens (including phenoxy) is 2. The highest BCUT2D eigenvalue weighted by Crippen LogP contribution is 2.38. The van der Waals surface area contributed by atoms with Gasteiger partial charge >= 0.3 is 11.9 Å². The quantitative estimate of drug-likeness (QED) is 0.0302. The first kappa shape index (κ1) is 40.5. The number of rotatable bonds is 28. The highest BCUT2D eigenvalue weighted by molar-refractivity contribution is 7.45. The van der Waals surface area contributed by atoms with Crippen molar-refractivity contribution < 1.29 is 42.1 Å². The van der Waals surface area contributed by atoms with Crippen LogP contribution in [0.1, 0.15) is 117 Å². The van der Waals surface area contributed by atoms with Gasteiger partial charge in [-0.2, -0.15) is 0 Å². The SMILES string of the molecule is CCCC/C=C\C/C=C\CCCCCCCC(=O)OC(COC(=O)CCCCCC)COP(=O)([O-])OCC[N+](C)(C)C. The zero-order valence-electron chi connectivity index (χ0n) is 27.2. The Morgan fingerprint density at radius 3 is 1.95 bits per heavy atom. The smallest absolute Gasteiger partial charge is 0.306 e. The van der Waals surface area contributed by atoms with E-state index in [0.29, 0.717) is 17.4 Å². The predicted molar refractivity (Wildman–Crippen MR) is 167 cm³/mol. The fourth-order valence-electron chi connectivity index (χ4n) is 3.84. The third-order valence-corrected chi connectivity index (χ3v) is 7.44. The minimum Gasteiger partial charge on any atom is -0.756 e. The highest BCUT2D eigenvalue weighted by Gasteiger charge is 2.21. The molecule has 0 aromatic heterocycles. The van der Waals surface area contributed by atoms with Gasteiger partial charge in [-0.05, 0) is 38.5 Å². The van der Waals surface area contributed by atoms with E-state index in [1.807, 2.05) is 21.1 Å². The minimum atomic E-state index is -4.60. The van der Waals surface area contributed by atoms with Crippen LogP contribution in [-0.4, -0.2) is 70.0 Å².